The van der Waals surface area contributed by atoms with Crippen LogP contribution in [0.25, 0.3) is 5.78 Å². The van der Waals surface area contributed by atoms with Crippen molar-refractivity contribution < 1.29 is 19.1 Å². The normalized spacial score (nSPS) is 10.5. The number of hydrogen-bond acceptors (Lipinski definition) is 7. The van der Waals surface area contributed by atoms with E-state index in [2.05, 4.69) is 19.8 Å². The summed E-state index contributed by atoms with van der Waals surface area (Å²) in [6, 6.07) is 0. The van der Waals surface area contributed by atoms with Crippen LogP contribution in [0.5, 0.6) is 0 Å². The first-order valence-electron chi connectivity index (χ1n) is 5.25. The second-order valence-corrected chi connectivity index (χ2v) is 3.68. The fourth-order valence-corrected chi connectivity index (χ4v) is 1.57. The Morgan fingerprint density at radius 2 is 2.16 bits per heavy atom. The van der Waals surface area contributed by atoms with Gasteiger partial charge in [-0.05, 0) is 6.92 Å². The Hall–Kier alpha value is -2.22. The summed E-state index contributed by atoms with van der Waals surface area (Å²) in [4.78, 5) is 30.6. The summed E-state index contributed by atoms with van der Waals surface area (Å²) in [5, 5.41) is 3.78. The third kappa shape index (κ3) is 2.34. The van der Waals surface area contributed by atoms with E-state index in [0.717, 1.165) is 4.52 Å². The lowest BCUT2D eigenvalue weighted by atomic mass is 10.3. The molecular formula is C10H9ClN4O4. The molecule has 2 rings (SSSR count). The molecule has 0 radical (unpaired) electrons. The lowest BCUT2D eigenvalue weighted by Gasteiger charge is -2.03. The van der Waals surface area contributed by atoms with E-state index >= 15 is 0 Å². The van der Waals surface area contributed by atoms with E-state index in [9.17, 15) is 9.59 Å². The van der Waals surface area contributed by atoms with Crippen molar-refractivity contribution in [3.63, 3.8) is 0 Å². The van der Waals surface area contributed by atoms with Gasteiger partial charge in [-0.3, -0.25) is 0 Å². The van der Waals surface area contributed by atoms with Crippen LogP contribution < -0.4 is 0 Å². The highest BCUT2D eigenvalue weighted by Gasteiger charge is 2.20. The van der Waals surface area contributed by atoms with Gasteiger partial charge in [-0.15, -0.1) is 5.10 Å². The monoisotopic (exact) mass is 284 g/mol. The molecular weight excluding hydrogens is 276 g/mol. The molecule has 0 N–H and O–H groups in total. The molecule has 19 heavy (non-hydrogen) atoms. The number of hydrogen-bond donors (Lipinski definition) is 0. The second kappa shape index (κ2) is 5.19. The van der Waals surface area contributed by atoms with Gasteiger partial charge in [0.2, 0.25) is 0 Å². The molecule has 0 aliphatic rings. The maximum atomic E-state index is 11.6. The predicted molar refractivity (Wildman–Crippen MR) is 63.1 cm³/mol. The van der Waals surface area contributed by atoms with Crippen LogP contribution in [-0.4, -0.2) is 45.2 Å². The number of ether oxygens (including phenoxy) is 2. The number of rotatable bonds is 3. The van der Waals surface area contributed by atoms with E-state index in [4.69, 9.17) is 16.3 Å². The predicted octanol–water partition coefficient (Wildman–Crippen LogP) is 0.741. The first-order valence-corrected chi connectivity index (χ1v) is 5.63. The number of fused-ring (bicyclic) bond motifs is 1. The van der Waals surface area contributed by atoms with Crippen LogP contribution in [0.2, 0.25) is 5.15 Å². The molecule has 0 unspecified atom stereocenters. The van der Waals surface area contributed by atoms with E-state index in [1.807, 2.05) is 0 Å². The molecule has 9 heteroatoms. The zero-order valence-corrected chi connectivity index (χ0v) is 10.8. The molecule has 0 spiro atoms. The minimum absolute atomic E-state index is 0.0360. The van der Waals surface area contributed by atoms with Crippen molar-refractivity contribution in [3.8, 4) is 0 Å². The van der Waals surface area contributed by atoms with Gasteiger partial charge in [0, 0.05) is 6.20 Å². The lowest BCUT2D eigenvalue weighted by Crippen LogP contribution is -2.09. The van der Waals surface area contributed by atoms with E-state index in [-0.39, 0.29) is 28.9 Å². The van der Waals surface area contributed by atoms with E-state index in [1.165, 1.54) is 13.3 Å². The molecule has 0 aliphatic carbocycles. The molecule has 0 saturated heterocycles. The number of methoxy groups -OCH3 is 1. The Labute approximate surface area is 112 Å². The first-order chi connectivity index (χ1) is 9.08. The van der Waals surface area contributed by atoms with Crippen molar-refractivity contribution in [1.82, 2.24) is 19.6 Å². The van der Waals surface area contributed by atoms with Gasteiger partial charge < -0.3 is 9.47 Å². The fourth-order valence-electron chi connectivity index (χ4n) is 1.33. The third-order valence-electron chi connectivity index (χ3n) is 2.17. The van der Waals surface area contributed by atoms with Crippen LogP contribution in [0.4, 0.5) is 0 Å². The molecule has 2 heterocycles. The first kappa shape index (κ1) is 13.2. The third-order valence-corrected chi connectivity index (χ3v) is 2.53. The molecule has 0 atom stereocenters. The summed E-state index contributed by atoms with van der Waals surface area (Å²) < 4.78 is 10.4. The smallest absolute Gasteiger partial charge is 0.378 e. The zero-order chi connectivity index (χ0) is 14.0. The van der Waals surface area contributed by atoms with Crippen LogP contribution in [0, 0.1) is 0 Å². The minimum atomic E-state index is -0.723. The molecule has 0 fully saturated rings. The number of esters is 2. The summed E-state index contributed by atoms with van der Waals surface area (Å²) in [5.41, 5.74) is 0.0392. The fraction of sp³-hybridized carbons (Fsp3) is 0.300. The van der Waals surface area contributed by atoms with Crippen LogP contribution in [0.3, 0.4) is 0 Å². The molecule has 0 bridgehead atoms. The average molecular weight is 285 g/mol. The summed E-state index contributed by atoms with van der Waals surface area (Å²) in [6.07, 6.45) is 1.21. The number of carbonyl (C=O) groups excluding carboxylic acids is 2. The van der Waals surface area contributed by atoms with Crippen molar-refractivity contribution in [1.29, 1.82) is 0 Å². The Kier molecular flexibility index (Phi) is 3.61. The van der Waals surface area contributed by atoms with Crippen molar-refractivity contribution in [3.05, 3.63) is 22.7 Å². The highest BCUT2D eigenvalue weighted by atomic mass is 35.5. The van der Waals surface area contributed by atoms with Crippen LogP contribution >= 0.6 is 11.6 Å². The number of carbonyl (C=O) groups is 2. The maximum absolute atomic E-state index is 11.6. The van der Waals surface area contributed by atoms with Gasteiger partial charge in [0.15, 0.2) is 5.15 Å². The van der Waals surface area contributed by atoms with Gasteiger partial charge in [-0.2, -0.15) is 9.50 Å². The van der Waals surface area contributed by atoms with E-state index in [1.54, 1.807) is 6.92 Å². The molecule has 2 aromatic heterocycles. The van der Waals surface area contributed by atoms with Crippen molar-refractivity contribution in [2.75, 3.05) is 13.7 Å². The van der Waals surface area contributed by atoms with Gasteiger partial charge in [-0.1, -0.05) is 11.6 Å². The molecule has 0 amide bonds. The molecule has 100 valence electrons. The second-order valence-electron chi connectivity index (χ2n) is 3.32. The van der Waals surface area contributed by atoms with Crippen molar-refractivity contribution >= 4 is 29.3 Å². The maximum Gasteiger partial charge on any atom is 0.378 e. The summed E-state index contributed by atoms with van der Waals surface area (Å²) in [5.74, 6) is -1.47. The Bertz CT molecular complexity index is 654. The molecule has 2 aromatic rings. The van der Waals surface area contributed by atoms with Gasteiger partial charge in [0.25, 0.3) is 11.6 Å². The summed E-state index contributed by atoms with van der Waals surface area (Å²) in [7, 11) is 1.20. The van der Waals surface area contributed by atoms with Crippen LogP contribution in [0.15, 0.2) is 6.20 Å². The number of nitrogens with zero attached hydrogens (tertiary/aromatic N) is 4. The van der Waals surface area contributed by atoms with E-state index < -0.39 is 11.9 Å². The van der Waals surface area contributed by atoms with Crippen LogP contribution in [-0.2, 0) is 9.47 Å². The number of halogens is 1. The minimum Gasteiger partial charge on any atom is -0.463 e. The Morgan fingerprint density at radius 1 is 1.42 bits per heavy atom. The summed E-state index contributed by atoms with van der Waals surface area (Å²) in [6.45, 7) is 1.88. The van der Waals surface area contributed by atoms with Crippen LogP contribution in [0.1, 0.15) is 27.9 Å². The van der Waals surface area contributed by atoms with Gasteiger partial charge in [0.1, 0.15) is 5.56 Å². The molecule has 0 aromatic carbocycles. The summed E-state index contributed by atoms with van der Waals surface area (Å²) >= 11 is 6.00. The number of aromatic nitrogens is 4. The van der Waals surface area contributed by atoms with Crippen molar-refractivity contribution in [2.45, 2.75) is 6.92 Å². The van der Waals surface area contributed by atoms with Gasteiger partial charge >= 0.3 is 11.9 Å². The largest absolute Gasteiger partial charge is 0.463 e. The highest BCUT2D eigenvalue weighted by molar-refractivity contribution is 6.32. The quantitative estimate of drug-likeness (QED) is 0.606. The average Bonchev–Trinajstić information content (AvgIpc) is 2.83. The SMILES string of the molecule is CCOC(=O)c1cnc2nc(C(=O)OC)nn2c1Cl. The van der Waals surface area contributed by atoms with E-state index in [0.29, 0.717) is 0 Å². The Morgan fingerprint density at radius 3 is 2.79 bits per heavy atom. The van der Waals surface area contributed by atoms with Gasteiger partial charge in [-0.25, -0.2) is 14.6 Å². The molecule has 0 aliphatic heterocycles. The Balaban J connectivity index is 2.52. The molecule has 8 nitrogen and oxygen atoms in total. The topological polar surface area (TPSA) is 95.7 Å². The van der Waals surface area contributed by atoms with Crippen molar-refractivity contribution in [2.24, 2.45) is 0 Å². The standard InChI is InChI=1S/C10H9ClN4O4/c1-3-19-8(16)5-4-12-10-13-7(9(17)18-2)14-15(10)6(5)11/h4H,3H2,1-2H3. The molecule has 0 saturated carbocycles. The highest BCUT2D eigenvalue weighted by Crippen LogP contribution is 2.16. The lowest BCUT2D eigenvalue weighted by molar-refractivity contribution is 0.0524. The zero-order valence-electron chi connectivity index (χ0n) is 10.1. The van der Waals surface area contributed by atoms with Gasteiger partial charge in [0.05, 0.1) is 13.7 Å².